The number of carbonyl (C=O) groups excluding carboxylic acids is 1. The average molecular weight is 558 g/mol. The van der Waals surface area contributed by atoms with Crippen LogP contribution >= 0.6 is 0 Å². The lowest BCUT2D eigenvalue weighted by Crippen LogP contribution is -2.44. The van der Waals surface area contributed by atoms with Crippen molar-refractivity contribution in [2.24, 2.45) is 5.41 Å². The van der Waals surface area contributed by atoms with Crippen molar-refractivity contribution in [2.75, 3.05) is 20.1 Å². The summed E-state index contributed by atoms with van der Waals surface area (Å²) in [7, 11) is -0.809. The normalized spacial score (nSPS) is 22.9. The van der Waals surface area contributed by atoms with Crippen LogP contribution in [-0.2, 0) is 15.9 Å². The van der Waals surface area contributed by atoms with Crippen LogP contribution in [0.2, 0.25) is 18.1 Å². The Kier molecular flexibility index (Phi) is 7.00. The Hall–Kier alpha value is -2.96. The van der Waals surface area contributed by atoms with Gasteiger partial charge in [0, 0.05) is 13.6 Å². The Morgan fingerprint density at radius 3 is 2.56 bits per heavy atom. The molecule has 3 atom stereocenters. The molecular weight excluding hydrogens is 518 g/mol. The van der Waals surface area contributed by atoms with Crippen LogP contribution in [0.4, 0.5) is 9.59 Å². The number of amides is 3. The molecule has 1 spiro atoms. The van der Waals surface area contributed by atoms with Gasteiger partial charge in [-0.15, -0.1) is 10.2 Å². The van der Waals surface area contributed by atoms with Crippen LogP contribution in [-0.4, -0.2) is 76.8 Å². The molecule has 1 aromatic heterocycles. The summed E-state index contributed by atoms with van der Waals surface area (Å²) in [6.07, 6.45) is 0.980. The van der Waals surface area contributed by atoms with Crippen molar-refractivity contribution >= 4 is 20.4 Å². The summed E-state index contributed by atoms with van der Waals surface area (Å²) in [4.78, 5) is 34.1. The Balaban J connectivity index is 1.37. The number of aromatic nitrogens is 2. The predicted octanol–water partition coefficient (Wildman–Crippen LogP) is 5.21. The fourth-order valence-corrected chi connectivity index (χ4v) is 6.49. The van der Waals surface area contributed by atoms with Gasteiger partial charge in [0.25, 0.3) is 0 Å². The summed E-state index contributed by atoms with van der Waals surface area (Å²) in [5.74, 6) is 0.591. The van der Waals surface area contributed by atoms with Gasteiger partial charge in [-0.2, -0.15) is 5.06 Å². The number of piperidine rings is 1. The summed E-state index contributed by atoms with van der Waals surface area (Å²) in [6, 6.07) is 9.25. The molecule has 2 bridgehead atoms. The third-order valence-electron chi connectivity index (χ3n) is 8.90. The second-order valence-corrected chi connectivity index (χ2v) is 17.4. The van der Waals surface area contributed by atoms with Gasteiger partial charge in [-0.3, -0.25) is 4.84 Å². The molecule has 1 aliphatic carbocycles. The van der Waals surface area contributed by atoms with Crippen LogP contribution in [0.15, 0.2) is 34.7 Å². The largest absolute Gasteiger partial charge is 0.465 e. The van der Waals surface area contributed by atoms with Gasteiger partial charge < -0.3 is 23.7 Å². The predicted molar refractivity (Wildman–Crippen MR) is 144 cm³/mol. The van der Waals surface area contributed by atoms with Crippen LogP contribution in [0.3, 0.4) is 0 Å². The highest BCUT2D eigenvalue weighted by molar-refractivity contribution is 6.74. The molecule has 2 aliphatic heterocycles. The Morgan fingerprint density at radius 1 is 1.26 bits per heavy atom. The van der Waals surface area contributed by atoms with Gasteiger partial charge in [0.15, 0.2) is 8.32 Å². The van der Waals surface area contributed by atoms with Gasteiger partial charge in [0.05, 0.1) is 12.6 Å². The number of hydrogen-bond donors (Lipinski definition) is 1. The van der Waals surface area contributed by atoms with Crippen molar-refractivity contribution in [2.45, 2.75) is 83.0 Å². The van der Waals surface area contributed by atoms with E-state index in [1.54, 1.807) is 9.96 Å². The number of fused-ring (bicyclic) bond motifs is 3. The third kappa shape index (κ3) is 5.29. The van der Waals surface area contributed by atoms with E-state index in [0.717, 1.165) is 29.7 Å². The number of carbonyl (C=O) groups is 2. The molecule has 1 N–H and O–H groups in total. The average Bonchev–Trinajstić information content (AvgIpc) is 3.34. The van der Waals surface area contributed by atoms with E-state index in [9.17, 15) is 14.7 Å². The summed E-state index contributed by atoms with van der Waals surface area (Å²) in [5, 5.41) is 19.7. The van der Waals surface area contributed by atoms with Gasteiger partial charge in [-0.1, -0.05) is 51.1 Å². The Bertz CT molecular complexity index is 1210. The minimum atomic E-state index is -2.30. The van der Waals surface area contributed by atoms with Gasteiger partial charge in [-0.05, 0) is 48.4 Å². The Morgan fingerprint density at radius 2 is 1.95 bits per heavy atom. The minimum absolute atomic E-state index is 0.00811. The highest BCUT2D eigenvalue weighted by Gasteiger charge is 2.64. The smallest absolute Gasteiger partial charge is 0.407 e. The number of nitrogens with zero attached hydrogens (tertiary/aromatic N) is 5. The second-order valence-electron chi connectivity index (χ2n) is 12.6. The fourth-order valence-electron chi connectivity index (χ4n) is 5.25. The molecule has 2 aromatic rings. The van der Waals surface area contributed by atoms with Gasteiger partial charge in [0.2, 0.25) is 11.8 Å². The van der Waals surface area contributed by atoms with E-state index in [1.165, 1.54) is 7.05 Å². The first-order valence-corrected chi connectivity index (χ1v) is 16.4. The van der Waals surface area contributed by atoms with Crippen molar-refractivity contribution in [3.63, 3.8) is 0 Å². The monoisotopic (exact) mass is 557 g/mol. The third-order valence-corrected chi connectivity index (χ3v) is 13.4. The van der Waals surface area contributed by atoms with E-state index in [1.807, 2.05) is 30.3 Å². The highest BCUT2D eigenvalue weighted by atomic mass is 28.4. The molecule has 212 valence electrons. The number of urea groups is 1. The molecule has 3 amide bonds. The van der Waals surface area contributed by atoms with E-state index in [-0.39, 0.29) is 41.0 Å². The summed E-state index contributed by atoms with van der Waals surface area (Å²) in [5.41, 5.74) is 0.975. The van der Waals surface area contributed by atoms with Gasteiger partial charge in [-0.25, -0.2) is 9.59 Å². The van der Waals surface area contributed by atoms with Crippen LogP contribution < -0.4 is 0 Å². The lowest BCUT2D eigenvalue weighted by Gasteiger charge is -2.39. The summed E-state index contributed by atoms with van der Waals surface area (Å²) < 4.78 is 12.8. The first-order valence-electron chi connectivity index (χ1n) is 13.5. The standard InChI is InChI=1S/C27H39N5O6Si/c1-26(2,3)39(5,6)38-20(15-30(4)25(34)35)23-29-28-22(37-23)19-14-27(12-13-27)21-16-31(19)24(33)32(21)36-17-18-10-8-7-9-11-18/h7-11,19-21H,12-17H2,1-6H3,(H,34,35)/t19-,20-,21-/m0/s1. The number of carboxylic acid groups (broad SMARTS) is 1. The lowest BCUT2D eigenvalue weighted by molar-refractivity contribution is -0.153. The molecule has 0 unspecified atom stereocenters. The molecule has 0 radical (unpaired) electrons. The van der Waals surface area contributed by atoms with Crippen molar-refractivity contribution in [1.29, 1.82) is 0 Å². The molecule has 3 heterocycles. The van der Waals surface area contributed by atoms with Gasteiger partial charge >= 0.3 is 12.1 Å². The maximum atomic E-state index is 13.5. The van der Waals surface area contributed by atoms with E-state index in [2.05, 4.69) is 44.1 Å². The van der Waals surface area contributed by atoms with Crippen molar-refractivity contribution in [3.05, 3.63) is 47.7 Å². The van der Waals surface area contributed by atoms with E-state index < -0.39 is 20.5 Å². The molecule has 3 aliphatic rings. The number of likely N-dealkylation sites (N-methyl/N-ethyl adjacent to an activating group) is 1. The molecular formula is C27H39N5O6Si. The number of hydrogen-bond acceptors (Lipinski definition) is 7. The number of rotatable bonds is 9. The topological polar surface area (TPSA) is 121 Å². The van der Waals surface area contributed by atoms with Crippen molar-refractivity contribution in [1.82, 2.24) is 25.1 Å². The summed E-state index contributed by atoms with van der Waals surface area (Å²) >= 11 is 0. The van der Waals surface area contributed by atoms with Crippen molar-refractivity contribution < 1.29 is 28.4 Å². The van der Waals surface area contributed by atoms with Gasteiger partial charge in [0.1, 0.15) is 18.8 Å². The fraction of sp³-hybridized carbons (Fsp3) is 0.630. The first kappa shape index (κ1) is 27.6. The van der Waals surface area contributed by atoms with Crippen molar-refractivity contribution in [3.8, 4) is 0 Å². The lowest BCUT2D eigenvalue weighted by atomic mass is 9.85. The highest BCUT2D eigenvalue weighted by Crippen LogP contribution is 2.61. The molecule has 2 saturated heterocycles. The minimum Gasteiger partial charge on any atom is -0.465 e. The molecule has 11 nitrogen and oxygen atoms in total. The SMILES string of the molecule is CN(C[C@H](O[Si](C)(C)C(C)(C)C)c1nnc([C@@H]2CC3(CC3)[C@@H]3CN2C(=O)N3OCc2ccccc2)o1)C(=O)O. The van der Waals surface area contributed by atoms with Crippen LogP contribution in [0, 0.1) is 5.41 Å². The molecule has 1 saturated carbocycles. The van der Waals surface area contributed by atoms with Crippen LogP contribution in [0.5, 0.6) is 0 Å². The first-order chi connectivity index (χ1) is 18.3. The van der Waals surface area contributed by atoms with E-state index in [0.29, 0.717) is 19.0 Å². The second kappa shape index (κ2) is 9.90. The molecule has 1 aromatic carbocycles. The van der Waals surface area contributed by atoms with Crippen LogP contribution in [0.25, 0.3) is 0 Å². The summed E-state index contributed by atoms with van der Waals surface area (Å²) in [6.45, 7) is 11.5. The number of hydroxylamine groups is 2. The molecule has 3 fully saturated rings. The van der Waals surface area contributed by atoms with E-state index >= 15 is 0 Å². The molecule has 12 heteroatoms. The maximum absolute atomic E-state index is 13.5. The number of benzene rings is 1. The Labute approximate surface area is 230 Å². The maximum Gasteiger partial charge on any atom is 0.407 e. The molecule has 5 rings (SSSR count). The zero-order valence-corrected chi connectivity index (χ0v) is 24.6. The van der Waals surface area contributed by atoms with Crippen LogP contribution in [0.1, 0.15) is 69.5 Å². The quantitative estimate of drug-likeness (QED) is 0.417. The zero-order valence-electron chi connectivity index (χ0n) is 23.6. The zero-order chi connectivity index (χ0) is 28.2. The van der Waals surface area contributed by atoms with E-state index in [4.69, 9.17) is 13.7 Å². The molecule has 39 heavy (non-hydrogen) atoms.